The molecule has 1 aromatic carbocycles. The molecule has 21 heavy (non-hydrogen) atoms. The number of primary amides is 1. The minimum absolute atomic E-state index is 0.0828. The Bertz CT molecular complexity index is 495. The summed E-state index contributed by atoms with van der Waals surface area (Å²) in [5.74, 6) is 1.64. The van der Waals surface area contributed by atoms with Crippen molar-refractivity contribution in [2.45, 2.75) is 25.7 Å². The Balaban J connectivity index is 1.55. The molecule has 0 saturated carbocycles. The highest BCUT2D eigenvalue weighted by Crippen LogP contribution is 2.28. The predicted molar refractivity (Wildman–Crippen MR) is 82.1 cm³/mol. The summed E-state index contributed by atoms with van der Waals surface area (Å²) in [5.41, 5.74) is 6.72. The van der Waals surface area contributed by atoms with E-state index < -0.39 is 0 Å². The summed E-state index contributed by atoms with van der Waals surface area (Å²) in [4.78, 5) is 13.7. The van der Waals surface area contributed by atoms with Crippen LogP contribution in [0.1, 0.15) is 24.8 Å². The monoisotopic (exact) mass is 288 g/mol. The van der Waals surface area contributed by atoms with E-state index in [2.05, 4.69) is 23.1 Å². The minimum Gasteiger partial charge on any atom is -0.493 e. The first kappa shape index (κ1) is 14.4. The standard InChI is InChI=1S/C17H24N2O2/c18-17(20)14-5-8-19(9-6-14)12-13-7-10-21-16-4-2-1-3-15(16)11-13/h1-4,13-14H,5-12H2,(H2,18,20). The predicted octanol–water partition coefficient (Wildman–Crippen LogP) is 1.83. The van der Waals surface area contributed by atoms with Gasteiger partial charge in [0.1, 0.15) is 5.75 Å². The smallest absolute Gasteiger partial charge is 0.220 e. The molecule has 2 aliphatic heterocycles. The fourth-order valence-corrected chi connectivity index (χ4v) is 3.48. The van der Waals surface area contributed by atoms with E-state index in [1.54, 1.807) is 0 Å². The molecule has 3 rings (SSSR count). The molecule has 1 saturated heterocycles. The van der Waals surface area contributed by atoms with Gasteiger partial charge in [-0.1, -0.05) is 18.2 Å². The van der Waals surface area contributed by atoms with Crippen LogP contribution in [0.15, 0.2) is 24.3 Å². The van der Waals surface area contributed by atoms with Crippen LogP contribution in [0.4, 0.5) is 0 Å². The van der Waals surface area contributed by atoms with Gasteiger partial charge in [-0.15, -0.1) is 0 Å². The first-order valence-electron chi connectivity index (χ1n) is 7.95. The van der Waals surface area contributed by atoms with Crippen LogP contribution in [0, 0.1) is 11.8 Å². The number of nitrogens with two attached hydrogens (primary N) is 1. The first-order valence-corrected chi connectivity index (χ1v) is 7.95. The Morgan fingerprint density at radius 3 is 2.76 bits per heavy atom. The Labute approximate surface area is 126 Å². The van der Waals surface area contributed by atoms with E-state index in [0.29, 0.717) is 5.92 Å². The van der Waals surface area contributed by atoms with Crippen LogP contribution in [0.3, 0.4) is 0 Å². The van der Waals surface area contributed by atoms with E-state index in [0.717, 1.165) is 57.7 Å². The summed E-state index contributed by atoms with van der Waals surface area (Å²) < 4.78 is 5.84. The molecule has 1 aromatic rings. The van der Waals surface area contributed by atoms with Gasteiger partial charge in [0.2, 0.25) is 5.91 Å². The van der Waals surface area contributed by atoms with Crippen molar-refractivity contribution in [3.8, 4) is 5.75 Å². The van der Waals surface area contributed by atoms with Gasteiger partial charge in [-0.3, -0.25) is 4.79 Å². The van der Waals surface area contributed by atoms with Crippen molar-refractivity contribution in [3.05, 3.63) is 29.8 Å². The van der Waals surface area contributed by atoms with Crippen molar-refractivity contribution in [1.29, 1.82) is 0 Å². The highest BCUT2D eigenvalue weighted by atomic mass is 16.5. The quantitative estimate of drug-likeness (QED) is 0.923. The third kappa shape index (κ3) is 3.56. The fourth-order valence-electron chi connectivity index (χ4n) is 3.48. The number of hydrogen-bond acceptors (Lipinski definition) is 3. The summed E-state index contributed by atoms with van der Waals surface area (Å²) in [6, 6.07) is 8.36. The van der Waals surface area contributed by atoms with Gasteiger partial charge in [-0.25, -0.2) is 0 Å². The van der Waals surface area contributed by atoms with Gasteiger partial charge in [0.05, 0.1) is 6.61 Å². The second kappa shape index (κ2) is 6.48. The normalized spacial score (nSPS) is 23.9. The number of nitrogens with zero attached hydrogens (tertiary/aromatic N) is 1. The van der Waals surface area contributed by atoms with Gasteiger partial charge in [0, 0.05) is 12.5 Å². The summed E-state index contributed by atoms with van der Waals surface area (Å²) in [7, 11) is 0. The highest BCUT2D eigenvalue weighted by molar-refractivity contribution is 5.76. The van der Waals surface area contributed by atoms with E-state index in [4.69, 9.17) is 10.5 Å². The largest absolute Gasteiger partial charge is 0.493 e. The van der Waals surface area contributed by atoms with Crippen molar-refractivity contribution in [2.24, 2.45) is 17.6 Å². The van der Waals surface area contributed by atoms with E-state index in [9.17, 15) is 4.79 Å². The molecule has 0 radical (unpaired) electrons. The zero-order valence-corrected chi connectivity index (χ0v) is 12.5. The Morgan fingerprint density at radius 1 is 1.24 bits per heavy atom. The minimum atomic E-state index is -0.133. The zero-order chi connectivity index (χ0) is 14.7. The lowest BCUT2D eigenvalue weighted by Crippen LogP contribution is -2.41. The number of hydrogen-bond donors (Lipinski definition) is 1. The Hall–Kier alpha value is -1.55. The second-order valence-corrected chi connectivity index (χ2v) is 6.29. The molecule has 0 aliphatic carbocycles. The van der Waals surface area contributed by atoms with Crippen LogP contribution >= 0.6 is 0 Å². The van der Waals surface area contributed by atoms with E-state index in [-0.39, 0.29) is 11.8 Å². The van der Waals surface area contributed by atoms with Crippen molar-refractivity contribution < 1.29 is 9.53 Å². The number of para-hydroxylation sites is 1. The average Bonchev–Trinajstić information content (AvgIpc) is 2.69. The maximum Gasteiger partial charge on any atom is 0.220 e. The second-order valence-electron chi connectivity index (χ2n) is 6.29. The summed E-state index contributed by atoms with van der Waals surface area (Å²) in [5, 5.41) is 0. The van der Waals surface area contributed by atoms with Crippen molar-refractivity contribution in [1.82, 2.24) is 4.90 Å². The SMILES string of the molecule is NC(=O)C1CCN(CC2CCOc3ccccc3C2)CC1. The van der Waals surface area contributed by atoms with Crippen LogP contribution in [0.25, 0.3) is 0 Å². The molecule has 1 amide bonds. The number of likely N-dealkylation sites (tertiary alicyclic amines) is 1. The number of ether oxygens (including phenoxy) is 1. The average molecular weight is 288 g/mol. The Morgan fingerprint density at radius 2 is 2.00 bits per heavy atom. The molecule has 1 atom stereocenters. The number of amides is 1. The third-order valence-electron chi connectivity index (χ3n) is 4.77. The molecule has 2 heterocycles. The van der Waals surface area contributed by atoms with Crippen LogP contribution in [-0.4, -0.2) is 37.0 Å². The first-order chi connectivity index (χ1) is 10.2. The van der Waals surface area contributed by atoms with Crippen molar-refractivity contribution >= 4 is 5.91 Å². The number of piperidine rings is 1. The van der Waals surface area contributed by atoms with E-state index >= 15 is 0 Å². The zero-order valence-electron chi connectivity index (χ0n) is 12.5. The van der Waals surface area contributed by atoms with Gasteiger partial charge >= 0.3 is 0 Å². The molecular formula is C17H24N2O2. The summed E-state index contributed by atoms with van der Waals surface area (Å²) in [6.45, 7) is 3.89. The molecule has 4 nitrogen and oxygen atoms in total. The molecule has 2 aliphatic rings. The lowest BCUT2D eigenvalue weighted by Gasteiger charge is -2.32. The van der Waals surface area contributed by atoms with Crippen LogP contribution in [0.5, 0.6) is 5.75 Å². The number of carbonyl (C=O) groups is 1. The molecule has 0 bridgehead atoms. The molecule has 2 N–H and O–H groups in total. The highest BCUT2D eigenvalue weighted by Gasteiger charge is 2.26. The number of carbonyl (C=O) groups excluding carboxylic acids is 1. The third-order valence-corrected chi connectivity index (χ3v) is 4.77. The van der Waals surface area contributed by atoms with Crippen molar-refractivity contribution in [2.75, 3.05) is 26.2 Å². The van der Waals surface area contributed by atoms with Gasteiger partial charge < -0.3 is 15.4 Å². The topological polar surface area (TPSA) is 55.6 Å². The van der Waals surface area contributed by atoms with Crippen molar-refractivity contribution in [3.63, 3.8) is 0 Å². The van der Waals surface area contributed by atoms with Crippen LogP contribution in [-0.2, 0) is 11.2 Å². The molecule has 1 fully saturated rings. The van der Waals surface area contributed by atoms with Gasteiger partial charge in [0.15, 0.2) is 0 Å². The Kier molecular flexibility index (Phi) is 4.44. The number of fused-ring (bicyclic) bond motifs is 1. The number of benzene rings is 1. The molecule has 0 aromatic heterocycles. The van der Waals surface area contributed by atoms with Crippen LogP contribution < -0.4 is 10.5 Å². The number of rotatable bonds is 3. The maximum atomic E-state index is 11.2. The molecule has 1 unspecified atom stereocenters. The van der Waals surface area contributed by atoms with Gasteiger partial charge in [-0.2, -0.15) is 0 Å². The maximum absolute atomic E-state index is 11.2. The summed E-state index contributed by atoms with van der Waals surface area (Å²) in [6.07, 6.45) is 4.01. The molecule has 114 valence electrons. The van der Waals surface area contributed by atoms with E-state index in [1.807, 2.05) is 6.07 Å². The molecule has 0 spiro atoms. The van der Waals surface area contributed by atoms with Gasteiger partial charge in [0.25, 0.3) is 0 Å². The fraction of sp³-hybridized carbons (Fsp3) is 0.588. The van der Waals surface area contributed by atoms with Gasteiger partial charge in [-0.05, 0) is 56.3 Å². The van der Waals surface area contributed by atoms with E-state index in [1.165, 1.54) is 5.56 Å². The van der Waals surface area contributed by atoms with Crippen LogP contribution in [0.2, 0.25) is 0 Å². The molecular weight excluding hydrogens is 264 g/mol. The lowest BCUT2D eigenvalue weighted by molar-refractivity contribution is -0.123. The molecule has 4 heteroatoms. The summed E-state index contributed by atoms with van der Waals surface area (Å²) >= 11 is 0. The lowest BCUT2D eigenvalue weighted by atomic mass is 9.93.